The number of carbonyl (C=O) groups excluding carboxylic acids is 1. The number of methoxy groups -OCH3 is 1. The SMILES string of the molecule is COc1ccc(CN(C(N)=O)C(F)N(C)C)cc1. The number of amides is 2. The third kappa shape index (κ3) is 3.59. The second kappa shape index (κ2) is 6.20. The number of rotatable bonds is 5. The first-order chi connectivity index (χ1) is 8.45. The first-order valence-corrected chi connectivity index (χ1v) is 5.45. The van der Waals surface area contributed by atoms with Crippen LogP contribution >= 0.6 is 0 Å². The lowest BCUT2D eigenvalue weighted by molar-refractivity contribution is 0.000478. The summed E-state index contributed by atoms with van der Waals surface area (Å²) < 4.78 is 18.8. The Morgan fingerprint density at radius 1 is 1.39 bits per heavy atom. The van der Waals surface area contributed by atoms with Crippen LogP contribution in [0, 0.1) is 0 Å². The van der Waals surface area contributed by atoms with Crippen molar-refractivity contribution >= 4 is 6.03 Å². The van der Waals surface area contributed by atoms with Crippen LogP contribution in [0.4, 0.5) is 9.18 Å². The summed E-state index contributed by atoms with van der Waals surface area (Å²) in [5.41, 5.74) is 5.95. The van der Waals surface area contributed by atoms with E-state index >= 15 is 0 Å². The lowest BCUT2D eigenvalue weighted by Gasteiger charge is -2.28. The molecule has 2 amide bonds. The van der Waals surface area contributed by atoms with E-state index in [-0.39, 0.29) is 6.54 Å². The zero-order chi connectivity index (χ0) is 13.7. The maximum absolute atomic E-state index is 13.8. The molecule has 0 aliphatic carbocycles. The molecule has 1 atom stereocenters. The number of urea groups is 1. The summed E-state index contributed by atoms with van der Waals surface area (Å²) in [4.78, 5) is 13.4. The third-order valence-corrected chi connectivity index (χ3v) is 2.48. The molecule has 6 heteroatoms. The number of alkyl halides is 1. The van der Waals surface area contributed by atoms with E-state index in [2.05, 4.69) is 0 Å². The van der Waals surface area contributed by atoms with Crippen molar-refractivity contribution in [1.29, 1.82) is 0 Å². The Labute approximate surface area is 106 Å². The molecule has 0 spiro atoms. The van der Waals surface area contributed by atoms with E-state index in [4.69, 9.17) is 10.5 Å². The molecule has 0 aliphatic rings. The Morgan fingerprint density at radius 2 is 1.94 bits per heavy atom. The quantitative estimate of drug-likeness (QED) is 0.639. The van der Waals surface area contributed by atoms with E-state index in [0.29, 0.717) is 5.75 Å². The topological polar surface area (TPSA) is 58.8 Å². The molecule has 0 saturated heterocycles. The standard InChI is InChI=1S/C12H18FN3O2/c1-15(2)11(13)16(12(14)17)8-9-4-6-10(18-3)7-5-9/h4-7,11H,8H2,1-3H3,(H2,14,17). The monoisotopic (exact) mass is 255 g/mol. The maximum Gasteiger partial charge on any atom is 0.318 e. The van der Waals surface area contributed by atoms with Gasteiger partial charge in [0.1, 0.15) is 5.75 Å². The van der Waals surface area contributed by atoms with Gasteiger partial charge in [-0.25, -0.2) is 9.18 Å². The molecular weight excluding hydrogens is 237 g/mol. The average Bonchev–Trinajstić information content (AvgIpc) is 2.35. The van der Waals surface area contributed by atoms with Gasteiger partial charge in [0.15, 0.2) is 0 Å². The molecule has 0 heterocycles. The summed E-state index contributed by atoms with van der Waals surface area (Å²) in [6.45, 7) is 0.110. The highest BCUT2D eigenvalue weighted by molar-refractivity contribution is 5.72. The Morgan fingerprint density at radius 3 is 2.33 bits per heavy atom. The molecule has 2 N–H and O–H groups in total. The highest BCUT2D eigenvalue weighted by Crippen LogP contribution is 2.15. The van der Waals surface area contributed by atoms with Crippen LogP contribution in [0.5, 0.6) is 5.75 Å². The molecule has 0 fully saturated rings. The van der Waals surface area contributed by atoms with Gasteiger partial charge < -0.3 is 10.5 Å². The molecule has 0 aliphatic heterocycles. The fraction of sp³-hybridized carbons (Fsp3) is 0.417. The molecule has 1 rings (SSSR count). The predicted molar refractivity (Wildman–Crippen MR) is 66.7 cm³/mol. The van der Waals surface area contributed by atoms with E-state index in [1.54, 1.807) is 31.4 Å². The highest BCUT2D eigenvalue weighted by atomic mass is 19.1. The van der Waals surface area contributed by atoms with Crippen LogP contribution in [0.25, 0.3) is 0 Å². The van der Waals surface area contributed by atoms with Crippen molar-refractivity contribution < 1.29 is 13.9 Å². The zero-order valence-electron chi connectivity index (χ0n) is 10.8. The normalized spacial score (nSPS) is 12.3. The molecule has 100 valence electrons. The lowest BCUT2D eigenvalue weighted by atomic mass is 10.2. The number of carbonyl (C=O) groups is 1. The van der Waals surface area contributed by atoms with Crippen molar-refractivity contribution in [1.82, 2.24) is 9.80 Å². The summed E-state index contributed by atoms with van der Waals surface area (Å²) in [5, 5.41) is 0. The number of halogens is 1. The smallest absolute Gasteiger partial charge is 0.318 e. The van der Waals surface area contributed by atoms with Crippen LogP contribution in [-0.4, -0.2) is 43.5 Å². The molecule has 1 aromatic carbocycles. The molecule has 18 heavy (non-hydrogen) atoms. The fourth-order valence-electron chi connectivity index (χ4n) is 1.46. The van der Waals surface area contributed by atoms with Crippen LogP contribution in [-0.2, 0) is 6.54 Å². The zero-order valence-corrected chi connectivity index (χ0v) is 10.8. The van der Waals surface area contributed by atoms with Crippen LogP contribution in [0.2, 0.25) is 0 Å². The van der Waals surface area contributed by atoms with Gasteiger partial charge in [0.25, 0.3) is 0 Å². The summed E-state index contributed by atoms with van der Waals surface area (Å²) in [6.07, 6.45) is -1.55. The van der Waals surface area contributed by atoms with Gasteiger partial charge in [-0.15, -0.1) is 0 Å². The first kappa shape index (κ1) is 14.2. The lowest BCUT2D eigenvalue weighted by Crippen LogP contribution is -2.47. The second-order valence-electron chi connectivity index (χ2n) is 4.09. The van der Waals surface area contributed by atoms with Crippen molar-refractivity contribution in [2.24, 2.45) is 5.73 Å². The van der Waals surface area contributed by atoms with Crippen LogP contribution in [0.1, 0.15) is 5.56 Å². The largest absolute Gasteiger partial charge is 0.497 e. The number of nitrogens with two attached hydrogens (primary N) is 1. The Hall–Kier alpha value is -1.82. The fourth-order valence-corrected chi connectivity index (χ4v) is 1.46. The van der Waals surface area contributed by atoms with Crippen molar-refractivity contribution in [2.45, 2.75) is 13.0 Å². The molecule has 0 aromatic heterocycles. The van der Waals surface area contributed by atoms with Gasteiger partial charge in [0, 0.05) is 0 Å². The van der Waals surface area contributed by atoms with Gasteiger partial charge in [-0.2, -0.15) is 0 Å². The highest BCUT2D eigenvalue weighted by Gasteiger charge is 2.23. The summed E-state index contributed by atoms with van der Waals surface area (Å²) in [6, 6.07) is 6.22. The summed E-state index contributed by atoms with van der Waals surface area (Å²) in [5.74, 6) is 0.703. The van der Waals surface area contributed by atoms with E-state index in [9.17, 15) is 9.18 Å². The van der Waals surface area contributed by atoms with Crippen molar-refractivity contribution in [3.05, 3.63) is 29.8 Å². The number of nitrogens with zero attached hydrogens (tertiary/aromatic N) is 2. The minimum Gasteiger partial charge on any atom is -0.497 e. The molecule has 5 nitrogen and oxygen atoms in total. The van der Waals surface area contributed by atoms with Gasteiger partial charge >= 0.3 is 6.03 Å². The van der Waals surface area contributed by atoms with Crippen LogP contribution in [0.3, 0.4) is 0 Å². The molecule has 0 bridgehead atoms. The minimum absolute atomic E-state index is 0.110. The first-order valence-electron chi connectivity index (χ1n) is 5.45. The maximum atomic E-state index is 13.8. The molecule has 0 radical (unpaired) electrons. The molecule has 0 saturated carbocycles. The predicted octanol–water partition coefficient (Wildman–Crippen LogP) is 1.39. The van der Waals surface area contributed by atoms with Gasteiger partial charge in [-0.05, 0) is 31.8 Å². The molecule has 1 unspecified atom stereocenters. The Kier molecular flexibility index (Phi) is 4.91. The van der Waals surface area contributed by atoms with Crippen LogP contribution < -0.4 is 10.5 Å². The van der Waals surface area contributed by atoms with Gasteiger partial charge in [-0.3, -0.25) is 9.80 Å². The van der Waals surface area contributed by atoms with E-state index < -0.39 is 12.5 Å². The van der Waals surface area contributed by atoms with E-state index in [1.165, 1.54) is 19.0 Å². The van der Waals surface area contributed by atoms with E-state index in [0.717, 1.165) is 10.5 Å². The molecule has 1 aromatic rings. The number of hydrogen-bond donors (Lipinski definition) is 1. The van der Waals surface area contributed by atoms with Crippen molar-refractivity contribution in [3.63, 3.8) is 0 Å². The van der Waals surface area contributed by atoms with Gasteiger partial charge in [-0.1, -0.05) is 12.1 Å². The van der Waals surface area contributed by atoms with Gasteiger partial charge in [0.05, 0.1) is 13.7 Å². The Balaban J connectivity index is 2.80. The van der Waals surface area contributed by atoms with Crippen molar-refractivity contribution in [2.75, 3.05) is 21.2 Å². The number of hydrogen-bond acceptors (Lipinski definition) is 3. The van der Waals surface area contributed by atoms with Crippen molar-refractivity contribution in [3.8, 4) is 5.75 Å². The summed E-state index contributed by atoms with van der Waals surface area (Å²) >= 11 is 0. The second-order valence-corrected chi connectivity index (χ2v) is 4.09. The number of benzene rings is 1. The minimum atomic E-state index is -1.55. The number of primary amides is 1. The average molecular weight is 255 g/mol. The number of ether oxygens (including phenoxy) is 1. The third-order valence-electron chi connectivity index (χ3n) is 2.48. The van der Waals surface area contributed by atoms with Crippen LogP contribution in [0.15, 0.2) is 24.3 Å². The van der Waals surface area contributed by atoms with E-state index in [1.807, 2.05) is 0 Å². The molecular formula is C12H18FN3O2. The Bertz CT molecular complexity index is 395. The summed E-state index contributed by atoms with van der Waals surface area (Å²) in [7, 11) is 4.64. The van der Waals surface area contributed by atoms with Gasteiger partial charge in [0.2, 0.25) is 6.42 Å².